The number of ether oxygens (including phenoxy) is 2. The zero-order chi connectivity index (χ0) is 20.3. The summed E-state index contributed by atoms with van der Waals surface area (Å²) in [6.07, 6.45) is 0. The van der Waals surface area contributed by atoms with Gasteiger partial charge in [-0.05, 0) is 29.8 Å². The van der Waals surface area contributed by atoms with E-state index in [1.54, 1.807) is 24.3 Å². The number of para-hydroxylation sites is 1. The van der Waals surface area contributed by atoms with Crippen molar-refractivity contribution in [3.8, 4) is 11.5 Å². The van der Waals surface area contributed by atoms with Gasteiger partial charge in [0.15, 0.2) is 0 Å². The molecule has 7 heteroatoms. The third kappa shape index (κ3) is 3.73. The molecule has 28 heavy (non-hydrogen) atoms. The van der Waals surface area contributed by atoms with Crippen LogP contribution < -0.4 is 10.1 Å². The maximum atomic E-state index is 12.4. The van der Waals surface area contributed by atoms with E-state index in [4.69, 9.17) is 9.47 Å². The van der Waals surface area contributed by atoms with Gasteiger partial charge in [-0.15, -0.1) is 0 Å². The van der Waals surface area contributed by atoms with E-state index in [0.717, 1.165) is 4.90 Å². The van der Waals surface area contributed by atoms with Crippen LogP contribution in [0.4, 0.5) is 4.79 Å². The Hall–Kier alpha value is -3.61. The highest BCUT2D eigenvalue weighted by atomic mass is 16.5. The van der Waals surface area contributed by atoms with Crippen molar-refractivity contribution in [1.82, 2.24) is 10.2 Å². The summed E-state index contributed by atoms with van der Waals surface area (Å²) in [7, 11) is 1.25. The average molecular weight is 380 g/mol. The van der Waals surface area contributed by atoms with E-state index in [1.807, 2.05) is 30.3 Å². The molecule has 1 aliphatic rings. The number of benzene rings is 2. The summed E-state index contributed by atoms with van der Waals surface area (Å²) >= 11 is 0. The Kier molecular flexibility index (Phi) is 5.44. The molecule has 3 rings (SSSR count). The highest BCUT2D eigenvalue weighted by molar-refractivity contribution is 5.97. The summed E-state index contributed by atoms with van der Waals surface area (Å²) in [5, 5.41) is 2.47. The van der Waals surface area contributed by atoms with Crippen LogP contribution in [0.5, 0.6) is 11.5 Å². The lowest BCUT2D eigenvalue weighted by molar-refractivity contribution is -0.147. The van der Waals surface area contributed by atoms with Gasteiger partial charge in [0, 0.05) is 12.6 Å². The van der Waals surface area contributed by atoms with Crippen LogP contribution in [0.15, 0.2) is 66.9 Å². The number of nitrogens with zero attached hydrogens (tertiary/aromatic N) is 1. The molecule has 0 aliphatic carbocycles. The second-order valence-corrected chi connectivity index (χ2v) is 6.28. The maximum absolute atomic E-state index is 12.4. The molecule has 2 atom stereocenters. The third-order valence-corrected chi connectivity index (χ3v) is 4.43. The van der Waals surface area contributed by atoms with Gasteiger partial charge in [-0.2, -0.15) is 0 Å². The molecule has 0 radical (unpaired) electrons. The first-order valence-corrected chi connectivity index (χ1v) is 8.62. The van der Waals surface area contributed by atoms with Crippen molar-refractivity contribution >= 4 is 17.9 Å². The van der Waals surface area contributed by atoms with E-state index in [2.05, 4.69) is 11.9 Å². The predicted octanol–water partition coefficient (Wildman–Crippen LogP) is 3.39. The van der Waals surface area contributed by atoms with Crippen LogP contribution in [0.1, 0.15) is 18.5 Å². The minimum atomic E-state index is -0.946. The number of esters is 1. The predicted molar refractivity (Wildman–Crippen MR) is 101 cm³/mol. The monoisotopic (exact) mass is 380 g/mol. The Morgan fingerprint density at radius 3 is 2.39 bits per heavy atom. The van der Waals surface area contributed by atoms with Gasteiger partial charge < -0.3 is 14.8 Å². The van der Waals surface area contributed by atoms with Gasteiger partial charge in [-0.3, -0.25) is 14.5 Å². The smallest absolute Gasteiger partial charge is 0.328 e. The summed E-state index contributed by atoms with van der Waals surface area (Å²) in [4.78, 5) is 38.0. The van der Waals surface area contributed by atoms with Crippen LogP contribution in [0.25, 0.3) is 0 Å². The van der Waals surface area contributed by atoms with Crippen LogP contribution in [0.3, 0.4) is 0 Å². The average Bonchev–Trinajstić information content (AvgIpc) is 2.67. The molecule has 1 saturated heterocycles. The molecule has 7 nitrogen and oxygen atoms in total. The quantitative estimate of drug-likeness (QED) is 0.822. The molecule has 3 amide bonds. The van der Waals surface area contributed by atoms with Gasteiger partial charge in [0.25, 0.3) is 0 Å². The number of carbonyl (C=O) groups is 3. The van der Waals surface area contributed by atoms with Crippen LogP contribution >= 0.6 is 0 Å². The van der Waals surface area contributed by atoms with Gasteiger partial charge in [0.05, 0.1) is 13.2 Å². The van der Waals surface area contributed by atoms with Crippen molar-refractivity contribution < 1.29 is 23.9 Å². The molecule has 1 aliphatic heterocycles. The second-order valence-electron chi connectivity index (χ2n) is 6.28. The number of amides is 3. The lowest BCUT2D eigenvalue weighted by Gasteiger charge is -2.39. The normalized spacial score (nSPS) is 19.0. The number of carbonyl (C=O) groups excluding carboxylic acids is 3. The fourth-order valence-electron chi connectivity index (χ4n) is 3.21. The van der Waals surface area contributed by atoms with Gasteiger partial charge in [-0.25, -0.2) is 4.79 Å². The second kappa shape index (κ2) is 7.96. The van der Waals surface area contributed by atoms with E-state index in [9.17, 15) is 14.4 Å². The van der Waals surface area contributed by atoms with E-state index < -0.39 is 29.9 Å². The van der Waals surface area contributed by atoms with Crippen molar-refractivity contribution in [2.75, 3.05) is 7.11 Å². The first-order chi connectivity index (χ1) is 13.4. The molecule has 2 aromatic rings. The van der Waals surface area contributed by atoms with Crippen molar-refractivity contribution in [1.29, 1.82) is 0 Å². The highest BCUT2D eigenvalue weighted by Gasteiger charge is 2.45. The molecule has 0 spiro atoms. The number of nitrogens with one attached hydrogen (secondary N) is 1. The number of imide groups is 1. The van der Waals surface area contributed by atoms with Crippen molar-refractivity contribution in [2.24, 2.45) is 5.92 Å². The molecule has 0 aromatic heterocycles. The summed E-state index contributed by atoms with van der Waals surface area (Å²) in [6.45, 7) is 5.04. The molecule has 1 heterocycles. The number of methoxy groups -OCH3 is 1. The standard InChI is InChI=1S/C21H20N2O5/c1-13-18(20(25)27-3)19(23(14(2)24)21(26)22-13)15-8-7-11-17(12-15)28-16-9-5-4-6-10-16/h4-12,18-19H,1H2,2-3H3,(H,22,26). The molecule has 0 saturated carbocycles. The summed E-state index contributed by atoms with van der Waals surface area (Å²) in [5.74, 6) is -0.904. The largest absolute Gasteiger partial charge is 0.468 e. The molecule has 1 fully saturated rings. The lowest BCUT2D eigenvalue weighted by Crippen LogP contribution is -2.55. The minimum absolute atomic E-state index is 0.175. The van der Waals surface area contributed by atoms with Gasteiger partial charge in [0.1, 0.15) is 17.4 Å². The Morgan fingerprint density at radius 2 is 1.75 bits per heavy atom. The number of hydrogen-bond acceptors (Lipinski definition) is 5. The van der Waals surface area contributed by atoms with Crippen molar-refractivity contribution in [3.63, 3.8) is 0 Å². The first kappa shape index (κ1) is 19.2. The summed E-state index contributed by atoms with van der Waals surface area (Å²) in [5.41, 5.74) is 0.726. The zero-order valence-electron chi connectivity index (χ0n) is 15.5. The number of hydrogen-bond donors (Lipinski definition) is 1. The van der Waals surface area contributed by atoms with E-state index >= 15 is 0 Å². The topological polar surface area (TPSA) is 84.9 Å². The van der Waals surface area contributed by atoms with E-state index in [1.165, 1.54) is 14.0 Å². The number of urea groups is 1. The SMILES string of the molecule is C=C1NC(=O)N(C(C)=O)C(c2cccc(Oc3ccccc3)c2)C1C(=O)OC. The van der Waals surface area contributed by atoms with Gasteiger partial charge >= 0.3 is 12.0 Å². The first-order valence-electron chi connectivity index (χ1n) is 8.62. The van der Waals surface area contributed by atoms with Crippen LogP contribution in [-0.4, -0.2) is 29.9 Å². The minimum Gasteiger partial charge on any atom is -0.468 e. The molecule has 1 N–H and O–H groups in total. The number of rotatable bonds is 4. The Morgan fingerprint density at radius 1 is 1.07 bits per heavy atom. The van der Waals surface area contributed by atoms with Gasteiger partial charge in [0.2, 0.25) is 5.91 Å². The fourth-order valence-corrected chi connectivity index (χ4v) is 3.21. The Balaban J connectivity index is 2.04. The summed E-state index contributed by atoms with van der Waals surface area (Å²) in [6, 6.07) is 14.5. The Bertz CT molecular complexity index is 925. The van der Waals surface area contributed by atoms with E-state index in [0.29, 0.717) is 17.1 Å². The van der Waals surface area contributed by atoms with E-state index in [-0.39, 0.29) is 5.70 Å². The van der Waals surface area contributed by atoms with Crippen molar-refractivity contribution in [2.45, 2.75) is 13.0 Å². The molecular formula is C21H20N2O5. The fraction of sp³-hybridized carbons (Fsp3) is 0.190. The molecule has 0 bridgehead atoms. The third-order valence-electron chi connectivity index (χ3n) is 4.43. The molecule has 2 aromatic carbocycles. The van der Waals surface area contributed by atoms with Crippen LogP contribution in [0.2, 0.25) is 0 Å². The van der Waals surface area contributed by atoms with Gasteiger partial charge in [-0.1, -0.05) is 36.9 Å². The van der Waals surface area contributed by atoms with Crippen LogP contribution in [0, 0.1) is 5.92 Å². The molecule has 2 unspecified atom stereocenters. The zero-order valence-corrected chi connectivity index (χ0v) is 15.5. The van der Waals surface area contributed by atoms with Crippen LogP contribution in [-0.2, 0) is 14.3 Å². The highest BCUT2D eigenvalue weighted by Crippen LogP contribution is 2.38. The lowest BCUT2D eigenvalue weighted by atomic mass is 9.87. The van der Waals surface area contributed by atoms with Crippen molar-refractivity contribution in [3.05, 3.63) is 72.4 Å². The summed E-state index contributed by atoms with van der Waals surface area (Å²) < 4.78 is 10.7. The molecule has 144 valence electrons. The maximum Gasteiger partial charge on any atom is 0.328 e. The molecular weight excluding hydrogens is 360 g/mol. The Labute approximate surface area is 162 Å².